The largest absolute Gasteiger partial charge is 0.355 e. The number of hydrogen-bond donors (Lipinski definition) is 1. The second kappa shape index (κ2) is 4.44. The Kier molecular flexibility index (Phi) is 3.17. The number of rotatable bonds is 3. The Morgan fingerprint density at radius 3 is 3.00 bits per heavy atom. The molecule has 1 unspecified atom stereocenters. The zero-order valence-corrected chi connectivity index (χ0v) is 9.92. The van der Waals surface area contributed by atoms with Crippen molar-refractivity contribution in [3.05, 3.63) is 0 Å². The lowest BCUT2D eigenvalue weighted by atomic mass is 9.86. The number of unbranched alkanes of at least 4 members (excludes halogenated alkanes) is 1. The number of amides is 2. The van der Waals surface area contributed by atoms with Crippen molar-refractivity contribution in [3.8, 4) is 0 Å². The van der Waals surface area contributed by atoms with E-state index in [1.54, 1.807) is 0 Å². The van der Waals surface area contributed by atoms with E-state index in [0.29, 0.717) is 12.8 Å². The van der Waals surface area contributed by atoms with E-state index in [1.807, 2.05) is 4.90 Å². The van der Waals surface area contributed by atoms with Gasteiger partial charge in [-0.05, 0) is 12.8 Å². The summed E-state index contributed by atoms with van der Waals surface area (Å²) in [5.41, 5.74) is 0.0545. The van der Waals surface area contributed by atoms with E-state index in [9.17, 15) is 9.59 Å². The maximum atomic E-state index is 11.8. The molecule has 0 aliphatic carbocycles. The Morgan fingerprint density at radius 2 is 2.38 bits per heavy atom. The van der Waals surface area contributed by atoms with Crippen molar-refractivity contribution >= 4 is 11.8 Å². The molecular formula is C12H20N2O2. The van der Waals surface area contributed by atoms with Crippen LogP contribution in [-0.2, 0) is 9.59 Å². The molecule has 0 aromatic rings. The summed E-state index contributed by atoms with van der Waals surface area (Å²) < 4.78 is 0. The normalized spacial score (nSPS) is 28.8. The van der Waals surface area contributed by atoms with Gasteiger partial charge in [0.1, 0.15) is 0 Å². The lowest BCUT2D eigenvalue weighted by Gasteiger charge is -2.21. The Balaban J connectivity index is 1.88. The standard InChI is InChI=1S/C12H20N2O2/c1-2-3-4-11(16)14-6-5-12(9-14)7-10(15)13-8-12/h2-9H2,1H3,(H,13,15). The number of nitrogens with zero attached hydrogens (tertiary/aromatic N) is 1. The van der Waals surface area contributed by atoms with E-state index >= 15 is 0 Å². The minimum absolute atomic E-state index is 0.0545. The third-order valence-electron chi connectivity index (χ3n) is 3.73. The van der Waals surface area contributed by atoms with Gasteiger partial charge < -0.3 is 10.2 Å². The van der Waals surface area contributed by atoms with E-state index in [1.165, 1.54) is 0 Å². The molecule has 4 nitrogen and oxygen atoms in total. The smallest absolute Gasteiger partial charge is 0.222 e. The molecule has 2 heterocycles. The van der Waals surface area contributed by atoms with Crippen LogP contribution >= 0.6 is 0 Å². The highest BCUT2D eigenvalue weighted by molar-refractivity contribution is 5.80. The molecular weight excluding hydrogens is 204 g/mol. The molecule has 2 rings (SSSR count). The minimum Gasteiger partial charge on any atom is -0.355 e. The van der Waals surface area contributed by atoms with E-state index in [2.05, 4.69) is 12.2 Å². The Bertz CT molecular complexity index is 303. The van der Waals surface area contributed by atoms with Crippen molar-refractivity contribution in [1.82, 2.24) is 10.2 Å². The molecule has 2 saturated heterocycles. The van der Waals surface area contributed by atoms with Crippen molar-refractivity contribution in [2.45, 2.75) is 39.0 Å². The summed E-state index contributed by atoms with van der Waals surface area (Å²) >= 11 is 0. The summed E-state index contributed by atoms with van der Waals surface area (Å²) in [4.78, 5) is 25.0. The topological polar surface area (TPSA) is 49.4 Å². The number of hydrogen-bond acceptors (Lipinski definition) is 2. The number of likely N-dealkylation sites (tertiary alicyclic amines) is 1. The van der Waals surface area contributed by atoms with Gasteiger partial charge in [-0.2, -0.15) is 0 Å². The minimum atomic E-state index is 0.0545. The summed E-state index contributed by atoms with van der Waals surface area (Å²) in [6, 6.07) is 0. The highest BCUT2D eigenvalue weighted by Gasteiger charge is 2.44. The molecule has 1 atom stereocenters. The lowest BCUT2D eigenvalue weighted by Crippen LogP contribution is -2.33. The molecule has 0 radical (unpaired) electrons. The molecule has 2 fully saturated rings. The van der Waals surface area contributed by atoms with Gasteiger partial charge in [0.2, 0.25) is 11.8 Å². The van der Waals surface area contributed by atoms with Crippen LogP contribution in [0, 0.1) is 5.41 Å². The van der Waals surface area contributed by atoms with Crippen LogP contribution in [0.4, 0.5) is 0 Å². The quantitative estimate of drug-likeness (QED) is 0.775. The molecule has 0 aromatic carbocycles. The van der Waals surface area contributed by atoms with Crippen LogP contribution in [0.1, 0.15) is 39.0 Å². The summed E-state index contributed by atoms with van der Waals surface area (Å²) in [7, 11) is 0. The van der Waals surface area contributed by atoms with Gasteiger partial charge in [-0.3, -0.25) is 9.59 Å². The van der Waals surface area contributed by atoms with E-state index in [4.69, 9.17) is 0 Å². The van der Waals surface area contributed by atoms with Gasteiger partial charge in [0, 0.05) is 37.9 Å². The number of nitrogens with one attached hydrogen (secondary N) is 1. The van der Waals surface area contributed by atoms with Gasteiger partial charge in [-0.25, -0.2) is 0 Å². The van der Waals surface area contributed by atoms with Gasteiger partial charge >= 0.3 is 0 Å². The van der Waals surface area contributed by atoms with Gasteiger partial charge in [0.25, 0.3) is 0 Å². The third kappa shape index (κ3) is 2.20. The highest BCUT2D eigenvalue weighted by atomic mass is 16.2. The molecule has 2 aliphatic rings. The fourth-order valence-electron chi connectivity index (χ4n) is 2.67. The first-order valence-electron chi connectivity index (χ1n) is 6.20. The molecule has 2 aliphatic heterocycles. The zero-order chi connectivity index (χ0) is 11.6. The molecule has 0 aromatic heterocycles. The summed E-state index contributed by atoms with van der Waals surface area (Å²) in [6.45, 7) is 4.45. The molecule has 16 heavy (non-hydrogen) atoms. The first kappa shape index (κ1) is 11.4. The third-order valence-corrected chi connectivity index (χ3v) is 3.73. The molecule has 0 saturated carbocycles. The fraction of sp³-hybridized carbons (Fsp3) is 0.833. The van der Waals surface area contributed by atoms with E-state index in [-0.39, 0.29) is 17.2 Å². The average Bonchev–Trinajstić information content (AvgIpc) is 2.83. The average molecular weight is 224 g/mol. The van der Waals surface area contributed by atoms with Crippen LogP contribution in [0.3, 0.4) is 0 Å². The van der Waals surface area contributed by atoms with E-state index in [0.717, 1.165) is 38.9 Å². The fourth-order valence-corrected chi connectivity index (χ4v) is 2.67. The van der Waals surface area contributed by atoms with E-state index < -0.39 is 0 Å². The molecule has 4 heteroatoms. The second-order valence-electron chi connectivity index (χ2n) is 5.12. The van der Waals surface area contributed by atoms with Crippen LogP contribution in [-0.4, -0.2) is 36.3 Å². The van der Waals surface area contributed by atoms with Crippen molar-refractivity contribution in [2.75, 3.05) is 19.6 Å². The van der Waals surface area contributed by atoms with Crippen molar-refractivity contribution in [3.63, 3.8) is 0 Å². The predicted molar refractivity (Wildman–Crippen MR) is 60.8 cm³/mol. The SMILES string of the molecule is CCCCC(=O)N1CCC2(CNC(=O)C2)C1. The van der Waals surface area contributed by atoms with Crippen molar-refractivity contribution in [1.29, 1.82) is 0 Å². The molecule has 0 bridgehead atoms. The lowest BCUT2D eigenvalue weighted by molar-refractivity contribution is -0.130. The summed E-state index contributed by atoms with van der Waals surface area (Å²) in [5, 5.41) is 2.88. The predicted octanol–water partition coefficient (Wildman–Crippen LogP) is 0.915. The zero-order valence-electron chi connectivity index (χ0n) is 9.92. The summed E-state index contributed by atoms with van der Waals surface area (Å²) in [5.74, 6) is 0.404. The monoisotopic (exact) mass is 224 g/mol. The Hall–Kier alpha value is -1.06. The highest BCUT2D eigenvalue weighted by Crippen LogP contribution is 2.36. The molecule has 1 N–H and O–H groups in total. The van der Waals surface area contributed by atoms with Crippen LogP contribution < -0.4 is 5.32 Å². The maximum absolute atomic E-state index is 11.8. The van der Waals surface area contributed by atoms with Crippen LogP contribution in [0.5, 0.6) is 0 Å². The van der Waals surface area contributed by atoms with Gasteiger partial charge in [-0.15, -0.1) is 0 Å². The van der Waals surface area contributed by atoms with Gasteiger partial charge in [0.15, 0.2) is 0 Å². The van der Waals surface area contributed by atoms with Gasteiger partial charge in [0.05, 0.1) is 0 Å². The van der Waals surface area contributed by atoms with Crippen LogP contribution in [0.25, 0.3) is 0 Å². The van der Waals surface area contributed by atoms with Crippen molar-refractivity contribution in [2.24, 2.45) is 5.41 Å². The first-order valence-corrected chi connectivity index (χ1v) is 6.20. The number of carbonyl (C=O) groups excluding carboxylic acids is 2. The molecule has 2 amide bonds. The molecule has 90 valence electrons. The van der Waals surface area contributed by atoms with Crippen molar-refractivity contribution < 1.29 is 9.59 Å². The van der Waals surface area contributed by atoms with Crippen LogP contribution in [0.2, 0.25) is 0 Å². The maximum Gasteiger partial charge on any atom is 0.222 e. The van der Waals surface area contributed by atoms with Crippen LogP contribution in [0.15, 0.2) is 0 Å². The second-order valence-corrected chi connectivity index (χ2v) is 5.12. The Morgan fingerprint density at radius 1 is 1.56 bits per heavy atom. The van der Waals surface area contributed by atoms with Gasteiger partial charge in [-0.1, -0.05) is 13.3 Å². The first-order chi connectivity index (χ1) is 7.65. The summed E-state index contributed by atoms with van der Waals surface area (Å²) in [6.07, 6.45) is 4.27. The Labute approximate surface area is 96.4 Å². The molecule has 1 spiro atoms. The number of carbonyl (C=O) groups is 2.